The molecular formula is C34H28FN5O2. The predicted molar refractivity (Wildman–Crippen MR) is 161 cm³/mol. The molecule has 0 aliphatic rings. The van der Waals surface area contributed by atoms with Crippen molar-refractivity contribution in [2.75, 3.05) is 20.0 Å². The van der Waals surface area contributed by atoms with Crippen LogP contribution in [0.4, 0.5) is 10.1 Å². The van der Waals surface area contributed by atoms with E-state index >= 15 is 4.39 Å². The summed E-state index contributed by atoms with van der Waals surface area (Å²) in [5.74, 6) is 0.693. The Morgan fingerprint density at radius 2 is 1.24 bits per heavy atom. The number of benzene rings is 5. The Kier molecular flexibility index (Phi) is 7.10. The number of halogens is 1. The Hall–Kier alpha value is -5.50. The molecule has 6 aromatic rings. The molecule has 7 nitrogen and oxygen atoms in total. The van der Waals surface area contributed by atoms with E-state index in [0.29, 0.717) is 22.6 Å². The molecule has 0 saturated heterocycles. The van der Waals surface area contributed by atoms with Crippen LogP contribution >= 0.6 is 0 Å². The van der Waals surface area contributed by atoms with E-state index in [1.165, 1.54) is 13.2 Å². The minimum atomic E-state index is -0.975. The van der Waals surface area contributed by atoms with Crippen molar-refractivity contribution in [3.63, 3.8) is 0 Å². The van der Waals surface area contributed by atoms with E-state index in [-0.39, 0.29) is 17.1 Å². The molecule has 1 heterocycles. The third-order valence-electron chi connectivity index (χ3n) is 7.31. The zero-order valence-electron chi connectivity index (χ0n) is 23.1. The smallest absolute Gasteiger partial charge is 0.205 e. The quantitative estimate of drug-likeness (QED) is 0.168. The zero-order chi connectivity index (χ0) is 29.1. The molecule has 0 aliphatic heterocycles. The first-order valence-corrected chi connectivity index (χ1v) is 13.3. The Morgan fingerprint density at radius 3 is 1.76 bits per heavy atom. The van der Waals surface area contributed by atoms with Crippen molar-refractivity contribution in [1.82, 2.24) is 20.2 Å². The highest BCUT2D eigenvalue weighted by atomic mass is 19.1. The van der Waals surface area contributed by atoms with Gasteiger partial charge >= 0.3 is 0 Å². The van der Waals surface area contributed by atoms with Gasteiger partial charge in [0.2, 0.25) is 5.82 Å². The summed E-state index contributed by atoms with van der Waals surface area (Å²) >= 11 is 0. The highest BCUT2D eigenvalue weighted by Gasteiger charge is 2.41. The third-order valence-corrected chi connectivity index (χ3v) is 7.31. The summed E-state index contributed by atoms with van der Waals surface area (Å²) in [4.78, 5) is 1.60. The van der Waals surface area contributed by atoms with Crippen molar-refractivity contribution in [2.45, 2.75) is 5.54 Å². The van der Waals surface area contributed by atoms with Crippen LogP contribution in [0.3, 0.4) is 0 Å². The van der Waals surface area contributed by atoms with Crippen molar-refractivity contribution in [2.24, 2.45) is 0 Å². The molecule has 6 rings (SSSR count). The SMILES string of the molecule is COc1ccc(-c2c(F)cc(N)cc2-c2nnn(C(c3ccccc3)(c3ccccc3)c3ccccc3)n2)cc1OC. The number of nitrogens with two attached hydrogens (primary N) is 1. The van der Waals surface area contributed by atoms with Crippen LogP contribution in [0, 0.1) is 5.82 Å². The second-order valence-electron chi connectivity index (χ2n) is 9.71. The first kappa shape index (κ1) is 26.7. The fourth-order valence-electron chi connectivity index (χ4n) is 5.44. The van der Waals surface area contributed by atoms with E-state index < -0.39 is 11.4 Å². The van der Waals surface area contributed by atoms with E-state index in [9.17, 15) is 0 Å². The Labute approximate surface area is 243 Å². The Balaban J connectivity index is 1.61. The van der Waals surface area contributed by atoms with Gasteiger partial charge in [-0.1, -0.05) is 97.1 Å². The first-order chi connectivity index (χ1) is 20.6. The van der Waals surface area contributed by atoms with Gasteiger partial charge < -0.3 is 15.2 Å². The Bertz CT molecular complexity index is 1730. The number of rotatable bonds is 8. The first-order valence-electron chi connectivity index (χ1n) is 13.3. The molecule has 0 atom stereocenters. The molecule has 2 N–H and O–H groups in total. The molecule has 208 valence electrons. The van der Waals surface area contributed by atoms with Crippen molar-refractivity contribution in [1.29, 1.82) is 0 Å². The zero-order valence-corrected chi connectivity index (χ0v) is 23.1. The minimum absolute atomic E-state index is 0.221. The van der Waals surface area contributed by atoms with E-state index in [1.807, 2.05) is 91.0 Å². The Morgan fingerprint density at radius 1 is 0.690 bits per heavy atom. The van der Waals surface area contributed by atoms with Gasteiger partial charge in [0.25, 0.3) is 0 Å². The van der Waals surface area contributed by atoms with Gasteiger partial charge in [-0.15, -0.1) is 15.0 Å². The van der Waals surface area contributed by atoms with Crippen molar-refractivity contribution in [3.05, 3.63) is 144 Å². The van der Waals surface area contributed by atoms with Crippen LogP contribution in [-0.2, 0) is 5.54 Å². The van der Waals surface area contributed by atoms with Gasteiger partial charge in [0.1, 0.15) is 5.82 Å². The number of nitrogen functional groups attached to an aromatic ring is 1. The van der Waals surface area contributed by atoms with Gasteiger partial charge in [-0.2, -0.15) is 0 Å². The maximum atomic E-state index is 15.7. The number of hydrogen-bond acceptors (Lipinski definition) is 6. The topological polar surface area (TPSA) is 88.1 Å². The number of hydrogen-bond donors (Lipinski definition) is 1. The van der Waals surface area contributed by atoms with Crippen LogP contribution < -0.4 is 15.2 Å². The van der Waals surface area contributed by atoms with Crippen LogP contribution in [0.25, 0.3) is 22.5 Å². The number of ether oxygens (including phenoxy) is 2. The molecule has 1 aromatic heterocycles. The standard InChI is InChI=1S/C34H28FN5O2/c1-41-30-19-18-23(20-31(30)42-2)32-28(21-27(36)22-29(32)35)33-37-39-40(38-33)34(24-12-6-3-7-13-24,25-14-8-4-9-15-25)26-16-10-5-11-17-26/h3-22H,36H2,1-2H3. The summed E-state index contributed by atoms with van der Waals surface area (Å²) in [6.07, 6.45) is 0. The molecule has 0 aliphatic carbocycles. The lowest BCUT2D eigenvalue weighted by Gasteiger charge is -2.34. The van der Waals surface area contributed by atoms with Gasteiger partial charge in [-0.3, -0.25) is 0 Å². The monoisotopic (exact) mass is 557 g/mol. The predicted octanol–water partition coefficient (Wildman–Crippen LogP) is 6.59. The molecule has 42 heavy (non-hydrogen) atoms. The second kappa shape index (κ2) is 11.2. The van der Waals surface area contributed by atoms with E-state index in [2.05, 4.69) is 10.3 Å². The minimum Gasteiger partial charge on any atom is -0.493 e. The average molecular weight is 558 g/mol. The molecular weight excluding hydrogens is 529 g/mol. The fourth-order valence-corrected chi connectivity index (χ4v) is 5.44. The van der Waals surface area contributed by atoms with Crippen molar-refractivity contribution >= 4 is 5.69 Å². The number of nitrogens with zero attached hydrogens (tertiary/aromatic N) is 4. The van der Waals surface area contributed by atoms with E-state index in [4.69, 9.17) is 20.3 Å². The molecule has 0 radical (unpaired) electrons. The number of tetrazole rings is 1. The van der Waals surface area contributed by atoms with Crippen LogP contribution in [0.2, 0.25) is 0 Å². The van der Waals surface area contributed by atoms with Gasteiger partial charge in [-0.05, 0) is 51.7 Å². The molecule has 0 spiro atoms. The lowest BCUT2D eigenvalue weighted by Crippen LogP contribution is -2.39. The number of aromatic nitrogens is 4. The summed E-state index contributed by atoms with van der Waals surface area (Å²) < 4.78 is 26.6. The molecule has 0 fully saturated rings. The van der Waals surface area contributed by atoms with Gasteiger partial charge in [0.15, 0.2) is 17.0 Å². The number of methoxy groups -OCH3 is 2. The van der Waals surface area contributed by atoms with E-state index in [0.717, 1.165) is 16.7 Å². The van der Waals surface area contributed by atoms with Gasteiger partial charge in [-0.25, -0.2) is 4.39 Å². The normalized spacial score (nSPS) is 11.3. The summed E-state index contributed by atoms with van der Waals surface area (Å²) in [6, 6.07) is 38.2. The van der Waals surface area contributed by atoms with Crippen LogP contribution in [0.1, 0.15) is 16.7 Å². The molecule has 0 bridgehead atoms. The van der Waals surface area contributed by atoms with Crippen molar-refractivity contribution in [3.8, 4) is 34.0 Å². The fraction of sp³-hybridized carbons (Fsp3) is 0.0882. The van der Waals surface area contributed by atoms with Crippen molar-refractivity contribution < 1.29 is 13.9 Å². The largest absolute Gasteiger partial charge is 0.493 e. The summed E-state index contributed by atoms with van der Waals surface area (Å²) in [5, 5.41) is 14.0. The van der Waals surface area contributed by atoms with Crippen LogP contribution in [0.15, 0.2) is 121 Å². The van der Waals surface area contributed by atoms with Gasteiger partial charge in [0.05, 0.1) is 14.2 Å². The number of anilines is 1. The second-order valence-corrected chi connectivity index (χ2v) is 9.71. The lowest BCUT2D eigenvalue weighted by atomic mass is 9.77. The molecule has 8 heteroatoms. The maximum absolute atomic E-state index is 15.7. The molecule has 0 saturated carbocycles. The average Bonchev–Trinajstić information content (AvgIpc) is 3.53. The summed E-state index contributed by atoms with van der Waals surface area (Å²) in [5.41, 5.74) is 9.44. The third kappa shape index (κ3) is 4.53. The van der Waals surface area contributed by atoms with Crippen LogP contribution in [0.5, 0.6) is 11.5 Å². The van der Waals surface area contributed by atoms with E-state index in [1.54, 1.807) is 36.2 Å². The molecule has 0 unspecified atom stereocenters. The van der Waals surface area contributed by atoms with Crippen LogP contribution in [-0.4, -0.2) is 34.4 Å². The summed E-state index contributed by atoms with van der Waals surface area (Å²) in [7, 11) is 3.08. The highest BCUT2D eigenvalue weighted by molar-refractivity contribution is 5.84. The van der Waals surface area contributed by atoms with Gasteiger partial charge in [0, 0.05) is 16.8 Å². The lowest BCUT2D eigenvalue weighted by molar-refractivity contribution is 0.355. The molecule has 0 amide bonds. The maximum Gasteiger partial charge on any atom is 0.205 e. The highest BCUT2D eigenvalue weighted by Crippen LogP contribution is 2.42. The molecule has 5 aromatic carbocycles. The summed E-state index contributed by atoms with van der Waals surface area (Å²) in [6.45, 7) is 0.